The van der Waals surface area contributed by atoms with E-state index in [9.17, 15) is 0 Å². The second-order valence-electron chi connectivity index (χ2n) is 3.67. The van der Waals surface area contributed by atoms with Crippen molar-refractivity contribution in [1.29, 1.82) is 0 Å². The Kier molecular flexibility index (Phi) is 4.02. The van der Waals surface area contributed by atoms with E-state index < -0.39 is 0 Å². The average Bonchev–Trinajstić information content (AvgIpc) is 2.55. The maximum Gasteiger partial charge on any atom is 0.0110 e. The van der Waals surface area contributed by atoms with E-state index >= 15 is 0 Å². The molecule has 2 heteroatoms. The van der Waals surface area contributed by atoms with Crippen LogP contribution < -0.4 is 5.32 Å². The van der Waals surface area contributed by atoms with Crippen LogP contribution in [0.25, 0.3) is 0 Å². The number of rotatable bonds is 4. The zero-order valence-corrected chi connectivity index (χ0v) is 8.64. The van der Waals surface area contributed by atoms with Crippen LogP contribution in [0, 0.1) is 0 Å². The van der Waals surface area contributed by atoms with Gasteiger partial charge in [0, 0.05) is 12.1 Å². The molecule has 0 aromatic heterocycles. The van der Waals surface area contributed by atoms with Crippen molar-refractivity contribution in [2.45, 2.75) is 45.2 Å². The minimum atomic E-state index is 0.774. The van der Waals surface area contributed by atoms with E-state index in [1.165, 1.54) is 32.4 Å². The molecule has 1 rings (SSSR count). The highest BCUT2D eigenvalue weighted by Gasteiger charge is 2.26. The third-order valence-electron chi connectivity index (χ3n) is 3.14. The minimum Gasteiger partial charge on any atom is -0.317 e. The van der Waals surface area contributed by atoms with E-state index in [1.807, 2.05) is 0 Å². The standard InChI is InChI=1S/C10H22N2/c1-4-12(5-2)10-7-6-9(8-10)11-3/h9-11H,4-8H2,1-3H3. The van der Waals surface area contributed by atoms with Gasteiger partial charge in [-0.25, -0.2) is 0 Å². The largest absolute Gasteiger partial charge is 0.317 e. The van der Waals surface area contributed by atoms with Gasteiger partial charge in [-0.15, -0.1) is 0 Å². The molecule has 0 aliphatic heterocycles. The first-order valence-corrected chi connectivity index (χ1v) is 5.23. The topological polar surface area (TPSA) is 15.3 Å². The lowest BCUT2D eigenvalue weighted by molar-refractivity contribution is 0.217. The lowest BCUT2D eigenvalue weighted by Crippen LogP contribution is -2.34. The maximum absolute atomic E-state index is 3.37. The molecule has 1 fully saturated rings. The van der Waals surface area contributed by atoms with Crippen LogP contribution in [0.1, 0.15) is 33.1 Å². The van der Waals surface area contributed by atoms with Gasteiger partial charge >= 0.3 is 0 Å². The van der Waals surface area contributed by atoms with E-state index in [0.717, 1.165) is 12.1 Å². The molecule has 0 heterocycles. The van der Waals surface area contributed by atoms with Crippen LogP contribution in [0.15, 0.2) is 0 Å². The van der Waals surface area contributed by atoms with Gasteiger partial charge in [-0.05, 0) is 39.4 Å². The highest BCUT2D eigenvalue weighted by atomic mass is 15.2. The summed E-state index contributed by atoms with van der Waals surface area (Å²) in [7, 11) is 2.08. The molecule has 1 aliphatic carbocycles. The highest BCUT2D eigenvalue weighted by Crippen LogP contribution is 2.23. The van der Waals surface area contributed by atoms with Gasteiger partial charge in [-0.1, -0.05) is 13.8 Å². The molecule has 72 valence electrons. The molecular weight excluding hydrogens is 148 g/mol. The van der Waals surface area contributed by atoms with Crippen LogP contribution >= 0.6 is 0 Å². The van der Waals surface area contributed by atoms with Gasteiger partial charge in [0.1, 0.15) is 0 Å². The van der Waals surface area contributed by atoms with Gasteiger partial charge in [0.15, 0.2) is 0 Å². The van der Waals surface area contributed by atoms with Crippen LogP contribution in [0.2, 0.25) is 0 Å². The molecule has 12 heavy (non-hydrogen) atoms. The Morgan fingerprint density at radius 1 is 1.25 bits per heavy atom. The molecule has 2 unspecified atom stereocenters. The Morgan fingerprint density at radius 2 is 1.92 bits per heavy atom. The van der Waals surface area contributed by atoms with E-state index in [1.54, 1.807) is 0 Å². The predicted molar refractivity (Wildman–Crippen MR) is 53.4 cm³/mol. The zero-order valence-electron chi connectivity index (χ0n) is 8.64. The van der Waals surface area contributed by atoms with Crippen LogP contribution in [0.3, 0.4) is 0 Å². The second kappa shape index (κ2) is 4.83. The monoisotopic (exact) mass is 170 g/mol. The number of nitrogens with zero attached hydrogens (tertiary/aromatic N) is 1. The Hall–Kier alpha value is -0.0800. The molecule has 0 saturated heterocycles. The molecule has 0 spiro atoms. The molecule has 0 amide bonds. The van der Waals surface area contributed by atoms with Gasteiger partial charge in [0.2, 0.25) is 0 Å². The van der Waals surface area contributed by atoms with E-state index in [4.69, 9.17) is 0 Å². The average molecular weight is 170 g/mol. The summed E-state index contributed by atoms with van der Waals surface area (Å²) < 4.78 is 0. The fourth-order valence-corrected chi connectivity index (χ4v) is 2.29. The highest BCUT2D eigenvalue weighted by molar-refractivity contribution is 4.85. The molecular formula is C10H22N2. The van der Waals surface area contributed by atoms with Crippen molar-refractivity contribution in [2.24, 2.45) is 0 Å². The first-order chi connectivity index (χ1) is 5.81. The third-order valence-corrected chi connectivity index (χ3v) is 3.14. The summed E-state index contributed by atoms with van der Waals surface area (Å²) in [5, 5.41) is 3.37. The summed E-state index contributed by atoms with van der Waals surface area (Å²) in [4.78, 5) is 2.58. The lowest BCUT2D eigenvalue weighted by atomic mass is 10.2. The predicted octanol–water partition coefficient (Wildman–Crippen LogP) is 1.47. The summed E-state index contributed by atoms with van der Waals surface area (Å²) in [5.74, 6) is 0. The lowest BCUT2D eigenvalue weighted by Gasteiger charge is -2.25. The van der Waals surface area contributed by atoms with Crippen LogP contribution in [0.5, 0.6) is 0 Å². The van der Waals surface area contributed by atoms with Crippen molar-refractivity contribution >= 4 is 0 Å². The molecule has 0 aromatic carbocycles. The fraction of sp³-hybridized carbons (Fsp3) is 1.00. The number of hydrogen-bond acceptors (Lipinski definition) is 2. The van der Waals surface area contributed by atoms with Crippen molar-refractivity contribution in [3.63, 3.8) is 0 Å². The van der Waals surface area contributed by atoms with Gasteiger partial charge in [-0.3, -0.25) is 0 Å². The van der Waals surface area contributed by atoms with Crippen LogP contribution in [-0.4, -0.2) is 37.1 Å². The van der Waals surface area contributed by atoms with Crippen molar-refractivity contribution in [3.05, 3.63) is 0 Å². The van der Waals surface area contributed by atoms with Gasteiger partial charge in [0.25, 0.3) is 0 Å². The second-order valence-corrected chi connectivity index (χ2v) is 3.67. The quantitative estimate of drug-likeness (QED) is 0.687. The smallest absolute Gasteiger partial charge is 0.0110 e. The van der Waals surface area contributed by atoms with Crippen LogP contribution in [0.4, 0.5) is 0 Å². The molecule has 2 atom stereocenters. The van der Waals surface area contributed by atoms with E-state index in [0.29, 0.717) is 0 Å². The maximum atomic E-state index is 3.37. The molecule has 2 nitrogen and oxygen atoms in total. The molecule has 1 saturated carbocycles. The van der Waals surface area contributed by atoms with Crippen molar-refractivity contribution in [2.75, 3.05) is 20.1 Å². The Labute approximate surface area is 76.3 Å². The Balaban J connectivity index is 2.34. The van der Waals surface area contributed by atoms with Crippen molar-refractivity contribution in [1.82, 2.24) is 10.2 Å². The number of nitrogens with one attached hydrogen (secondary N) is 1. The molecule has 0 aromatic rings. The van der Waals surface area contributed by atoms with Crippen LogP contribution in [-0.2, 0) is 0 Å². The molecule has 0 radical (unpaired) electrons. The van der Waals surface area contributed by atoms with Crippen molar-refractivity contribution < 1.29 is 0 Å². The zero-order chi connectivity index (χ0) is 8.97. The van der Waals surface area contributed by atoms with Crippen molar-refractivity contribution in [3.8, 4) is 0 Å². The van der Waals surface area contributed by atoms with Gasteiger partial charge in [-0.2, -0.15) is 0 Å². The molecule has 1 N–H and O–H groups in total. The SMILES string of the molecule is CCN(CC)C1CCC(NC)C1. The Bertz CT molecular complexity index is 121. The summed E-state index contributed by atoms with van der Waals surface area (Å²) in [6.45, 7) is 6.93. The minimum absolute atomic E-state index is 0.774. The van der Waals surface area contributed by atoms with E-state index in [-0.39, 0.29) is 0 Å². The summed E-state index contributed by atoms with van der Waals surface area (Å²) in [6.07, 6.45) is 4.09. The Morgan fingerprint density at radius 3 is 2.33 bits per heavy atom. The summed E-state index contributed by atoms with van der Waals surface area (Å²) >= 11 is 0. The first kappa shape index (κ1) is 10.0. The molecule has 0 bridgehead atoms. The summed E-state index contributed by atoms with van der Waals surface area (Å²) in [6, 6.07) is 1.62. The van der Waals surface area contributed by atoms with Gasteiger partial charge in [0.05, 0.1) is 0 Å². The fourth-order valence-electron chi connectivity index (χ4n) is 2.29. The van der Waals surface area contributed by atoms with E-state index in [2.05, 4.69) is 31.1 Å². The number of hydrogen-bond donors (Lipinski definition) is 1. The van der Waals surface area contributed by atoms with Gasteiger partial charge < -0.3 is 10.2 Å². The normalized spacial score (nSPS) is 30.0. The third kappa shape index (κ3) is 2.20. The first-order valence-electron chi connectivity index (χ1n) is 5.23. The summed E-state index contributed by atoms with van der Waals surface area (Å²) in [5.41, 5.74) is 0. The molecule has 1 aliphatic rings.